The van der Waals surface area contributed by atoms with Crippen LogP contribution < -0.4 is 4.90 Å². The Labute approximate surface area is 175 Å². The first-order valence-corrected chi connectivity index (χ1v) is 9.91. The van der Waals surface area contributed by atoms with E-state index in [1.54, 1.807) is 42.8 Å². The lowest BCUT2D eigenvalue weighted by molar-refractivity contribution is -0.140. The quantitative estimate of drug-likeness (QED) is 0.560. The summed E-state index contributed by atoms with van der Waals surface area (Å²) in [7, 11) is 1.57. The Kier molecular flexibility index (Phi) is 6.39. The van der Waals surface area contributed by atoms with Gasteiger partial charge in [-0.25, -0.2) is 4.98 Å². The Bertz CT molecular complexity index is 988. The molecule has 3 rings (SSSR count). The fourth-order valence-corrected chi connectivity index (χ4v) is 3.92. The summed E-state index contributed by atoms with van der Waals surface area (Å²) in [4.78, 5) is 30.0. The number of benzene rings is 1. The summed E-state index contributed by atoms with van der Waals surface area (Å²) in [6, 6.07) is 8.48. The van der Waals surface area contributed by atoms with Crippen molar-refractivity contribution in [1.82, 2.24) is 4.98 Å². The molecule has 0 saturated heterocycles. The number of hydrogen-bond acceptors (Lipinski definition) is 5. The van der Waals surface area contributed by atoms with E-state index < -0.39 is 11.9 Å². The highest BCUT2D eigenvalue weighted by Gasteiger charge is 2.28. The Morgan fingerprint density at radius 2 is 2.11 bits per heavy atom. The minimum atomic E-state index is -1.05. The van der Waals surface area contributed by atoms with Crippen molar-refractivity contribution in [3.63, 3.8) is 0 Å². The molecule has 146 valence electrons. The lowest BCUT2D eigenvalue weighted by atomic mass is 9.98. The summed E-state index contributed by atoms with van der Waals surface area (Å²) in [6.45, 7) is 0. The zero-order chi connectivity index (χ0) is 20.3. The van der Waals surface area contributed by atoms with Crippen LogP contribution in [0.25, 0.3) is 11.3 Å². The van der Waals surface area contributed by atoms with Crippen LogP contribution >= 0.6 is 34.5 Å². The van der Waals surface area contributed by atoms with E-state index in [0.717, 1.165) is 0 Å². The molecular formula is C19H16Cl2N2O4S. The molecule has 9 heteroatoms. The zero-order valence-electron chi connectivity index (χ0n) is 14.8. The molecule has 0 aliphatic heterocycles. The standard InChI is InChI=1S/C19H16Cl2N2O4S/c1-23(18(26)11(8-17(24)25)7-13-3-2-6-27-13)19-22-16(10-28-19)14-9-12(20)4-5-15(14)21/h2-6,9-11H,7-8H2,1H3,(H,24,25). The molecule has 0 aliphatic carbocycles. The number of furan rings is 1. The predicted molar refractivity (Wildman–Crippen MR) is 109 cm³/mol. The summed E-state index contributed by atoms with van der Waals surface area (Å²) in [6.07, 6.45) is 1.38. The summed E-state index contributed by atoms with van der Waals surface area (Å²) in [5, 5.41) is 12.4. The Hall–Kier alpha value is -2.35. The van der Waals surface area contributed by atoms with E-state index in [-0.39, 0.29) is 18.7 Å². The van der Waals surface area contributed by atoms with Crippen molar-refractivity contribution in [2.45, 2.75) is 12.8 Å². The molecule has 0 fully saturated rings. The molecule has 1 N–H and O–H groups in total. The van der Waals surface area contributed by atoms with Crippen molar-refractivity contribution in [3.8, 4) is 11.3 Å². The summed E-state index contributed by atoms with van der Waals surface area (Å²) in [5.41, 5.74) is 1.25. The molecule has 1 aromatic carbocycles. The van der Waals surface area contributed by atoms with Crippen molar-refractivity contribution in [2.75, 3.05) is 11.9 Å². The van der Waals surface area contributed by atoms with Gasteiger partial charge in [0.2, 0.25) is 5.91 Å². The Morgan fingerprint density at radius 1 is 1.32 bits per heavy atom. The van der Waals surface area contributed by atoms with Crippen LogP contribution in [0.15, 0.2) is 46.4 Å². The van der Waals surface area contributed by atoms with Gasteiger partial charge in [0.1, 0.15) is 5.76 Å². The first-order valence-electron chi connectivity index (χ1n) is 8.28. The molecule has 3 aromatic rings. The highest BCUT2D eigenvalue weighted by molar-refractivity contribution is 7.14. The maximum atomic E-state index is 12.9. The number of aliphatic carboxylic acids is 1. The molecule has 1 unspecified atom stereocenters. The number of thiazole rings is 1. The number of rotatable bonds is 7. The number of anilines is 1. The van der Waals surface area contributed by atoms with Gasteiger partial charge in [-0.2, -0.15) is 0 Å². The smallest absolute Gasteiger partial charge is 0.304 e. The number of carboxylic acid groups (broad SMARTS) is 1. The number of carbonyl (C=O) groups excluding carboxylic acids is 1. The first-order chi connectivity index (χ1) is 13.3. The van der Waals surface area contributed by atoms with Gasteiger partial charge in [-0.15, -0.1) is 11.3 Å². The van der Waals surface area contributed by atoms with Crippen LogP contribution in [0.4, 0.5) is 5.13 Å². The normalized spacial score (nSPS) is 12.0. The molecule has 1 atom stereocenters. The second-order valence-corrected chi connectivity index (χ2v) is 7.80. The molecule has 2 heterocycles. The molecule has 0 bridgehead atoms. The highest BCUT2D eigenvalue weighted by Crippen LogP contribution is 2.34. The topological polar surface area (TPSA) is 83.6 Å². The fraction of sp³-hybridized carbons (Fsp3) is 0.211. The van der Waals surface area contributed by atoms with Gasteiger partial charge in [0.25, 0.3) is 0 Å². The van der Waals surface area contributed by atoms with Gasteiger partial charge in [0, 0.05) is 29.4 Å². The van der Waals surface area contributed by atoms with Crippen LogP contribution in [0.2, 0.25) is 10.0 Å². The Morgan fingerprint density at radius 3 is 2.79 bits per heavy atom. The van der Waals surface area contributed by atoms with E-state index in [2.05, 4.69) is 4.98 Å². The van der Waals surface area contributed by atoms with Crippen LogP contribution in [0.3, 0.4) is 0 Å². The number of halogens is 2. The van der Waals surface area contributed by atoms with Gasteiger partial charge in [-0.05, 0) is 30.3 Å². The van der Waals surface area contributed by atoms with Crippen LogP contribution in [-0.4, -0.2) is 29.0 Å². The average Bonchev–Trinajstić information content (AvgIpc) is 3.33. The summed E-state index contributed by atoms with van der Waals surface area (Å²) >= 11 is 13.5. The minimum absolute atomic E-state index is 0.195. The number of nitrogens with zero attached hydrogens (tertiary/aromatic N) is 2. The third-order valence-electron chi connectivity index (χ3n) is 4.11. The highest BCUT2D eigenvalue weighted by atomic mass is 35.5. The number of aromatic nitrogens is 1. The minimum Gasteiger partial charge on any atom is -0.481 e. The number of hydrogen-bond donors (Lipinski definition) is 1. The van der Waals surface area contributed by atoms with Gasteiger partial charge in [-0.1, -0.05) is 23.2 Å². The molecule has 0 saturated carbocycles. The molecule has 0 radical (unpaired) electrons. The van der Waals surface area contributed by atoms with Crippen molar-refractivity contribution < 1.29 is 19.1 Å². The molecule has 0 spiro atoms. The first kappa shape index (κ1) is 20.4. The lowest BCUT2D eigenvalue weighted by Crippen LogP contribution is -2.35. The van der Waals surface area contributed by atoms with E-state index in [0.29, 0.717) is 32.2 Å². The molecule has 6 nitrogen and oxygen atoms in total. The number of carboxylic acids is 1. The third-order valence-corrected chi connectivity index (χ3v) is 5.59. The second kappa shape index (κ2) is 8.77. The zero-order valence-corrected chi connectivity index (χ0v) is 17.1. The van der Waals surface area contributed by atoms with E-state index in [1.807, 2.05) is 0 Å². The van der Waals surface area contributed by atoms with Gasteiger partial charge < -0.3 is 9.52 Å². The van der Waals surface area contributed by atoms with Crippen LogP contribution in [0, 0.1) is 5.92 Å². The average molecular weight is 439 g/mol. The maximum absolute atomic E-state index is 12.9. The number of amides is 1. The van der Waals surface area contributed by atoms with Crippen LogP contribution in [0.5, 0.6) is 0 Å². The molecule has 1 amide bonds. The Balaban J connectivity index is 1.82. The number of carbonyl (C=O) groups is 2. The van der Waals surface area contributed by atoms with Gasteiger partial charge in [0.05, 0.1) is 29.3 Å². The van der Waals surface area contributed by atoms with E-state index >= 15 is 0 Å². The molecular weight excluding hydrogens is 423 g/mol. The van der Waals surface area contributed by atoms with Crippen molar-refractivity contribution in [1.29, 1.82) is 0 Å². The fourth-order valence-electron chi connectivity index (χ4n) is 2.73. The van der Waals surface area contributed by atoms with E-state index in [9.17, 15) is 14.7 Å². The van der Waals surface area contributed by atoms with Gasteiger partial charge in [0.15, 0.2) is 5.13 Å². The van der Waals surface area contributed by atoms with Crippen molar-refractivity contribution in [3.05, 3.63) is 57.8 Å². The van der Waals surface area contributed by atoms with Crippen LogP contribution in [0.1, 0.15) is 12.2 Å². The van der Waals surface area contributed by atoms with Gasteiger partial charge >= 0.3 is 5.97 Å². The molecule has 28 heavy (non-hydrogen) atoms. The molecule has 0 aliphatic rings. The monoisotopic (exact) mass is 438 g/mol. The summed E-state index contributed by atoms with van der Waals surface area (Å²) < 4.78 is 5.26. The lowest BCUT2D eigenvalue weighted by Gasteiger charge is -2.20. The van der Waals surface area contributed by atoms with E-state index in [1.165, 1.54) is 22.5 Å². The van der Waals surface area contributed by atoms with Crippen molar-refractivity contribution in [2.24, 2.45) is 5.92 Å². The summed E-state index contributed by atoms with van der Waals surface area (Å²) in [5.74, 6) is -1.62. The second-order valence-electron chi connectivity index (χ2n) is 6.12. The van der Waals surface area contributed by atoms with Crippen LogP contribution in [-0.2, 0) is 16.0 Å². The van der Waals surface area contributed by atoms with E-state index in [4.69, 9.17) is 27.6 Å². The molecule has 2 aromatic heterocycles. The maximum Gasteiger partial charge on any atom is 0.304 e. The van der Waals surface area contributed by atoms with Gasteiger partial charge in [-0.3, -0.25) is 14.5 Å². The predicted octanol–water partition coefficient (Wildman–Crippen LogP) is 5.01. The van der Waals surface area contributed by atoms with Crippen molar-refractivity contribution >= 4 is 51.5 Å². The third kappa shape index (κ3) is 4.73. The SMILES string of the molecule is CN(C(=O)C(CC(=O)O)Cc1ccco1)c1nc(-c2cc(Cl)ccc2Cl)cs1. The largest absolute Gasteiger partial charge is 0.481 e.